The minimum absolute atomic E-state index is 0.000492. The molecule has 0 atom stereocenters. The number of fused-ring (bicyclic) bond motifs is 1. The first kappa shape index (κ1) is 21.8. The van der Waals surface area contributed by atoms with Crippen LogP contribution < -0.4 is 15.0 Å². The molecule has 7 heteroatoms. The molecule has 1 N–H and O–H groups in total. The highest BCUT2D eigenvalue weighted by Gasteiger charge is 2.25. The van der Waals surface area contributed by atoms with E-state index in [4.69, 9.17) is 4.74 Å². The summed E-state index contributed by atoms with van der Waals surface area (Å²) in [6, 6.07) is 21.9. The van der Waals surface area contributed by atoms with Gasteiger partial charge in [-0.1, -0.05) is 30.3 Å². The Morgan fingerprint density at radius 3 is 2.62 bits per heavy atom. The second kappa shape index (κ2) is 9.87. The molecule has 0 bridgehead atoms. The number of nitrogens with one attached hydrogen (secondary N) is 1. The van der Waals surface area contributed by atoms with E-state index in [-0.39, 0.29) is 6.03 Å². The van der Waals surface area contributed by atoms with Crippen molar-refractivity contribution in [2.45, 2.75) is 13.5 Å². The van der Waals surface area contributed by atoms with Crippen molar-refractivity contribution in [2.75, 3.05) is 42.9 Å². The van der Waals surface area contributed by atoms with Crippen molar-refractivity contribution in [1.82, 2.24) is 14.5 Å². The van der Waals surface area contributed by atoms with Gasteiger partial charge in [-0.2, -0.15) is 0 Å². The minimum atomic E-state index is 0.000492. The fraction of sp³-hybridized carbons (Fsp3) is 0.259. The molecule has 174 valence electrons. The molecule has 2 aromatic heterocycles. The van der Waals surface area contributed by atoms with Gasteiger partial charge in [0, 0.05) is 50.5 Å². The molecule has 1 aliphatic rings. The summed E-state index contributed by atoms with van der Waals surface area (Å²) < 4.78 is 7.68. The van der Waals surface area contributed by atoms with Gasteiger partial charge in [-0.15, -0.1) is 0 Å². The summed E-state index contributed by atoms with van der Waals surface area (Å²) in [6.45, 7) is 6.24. The van der Waals surface area contributed by atoms with Crippen LogP contribution in [0.25, 0.3) is 10.9 Å². The molecule has 0 aliphatic carbocycles. The first-order valence-corrected chi connectivity index (χ1v) is 11.7. The van der Waals surface area contributed by atoms with E-state index in [1.165, 1.54) is 0 Å². The Bertz CT molecular complexity index is 1260. The number of carbonyl (C=O) groups is 1. The van der Waals surface area contributed by atoms with Gasteiger partial charge >= 0.3 is 6.03 Å². The number of carbonyl (C=O) groups excluding carboxylic acids is 1. The number of hydrogen-bond donors (Lipinski definition) is 1. The van der Waals surface area contributed by atoms with Gasteiger partial charge in [-0.05, 0) is 48.9 Å². The van der Waals surface area contributed by atoms with Crippen molar-refractivity contribution >= 4 is 28.4 Å². The van der Waals surface area contributed by atoms with Crippen LogP contribution in [0.3, 0.4) is 0 Å². The summed E-state index contributed by atoms with van der Waals surface area (Å²) in [4.78, 5) is 22.0. The fourth-order valence-electron chi connectivity index (χ4n) is 4.36. The topological polar surface area (TPSA) is 62.6 Å². The van der Waals surface area contributed by atoms with Crippen LogP contribution in [-0.2, 0) is 6.61 Å². The molecule has 1 saturated heterocycles. The van der Waals surface area contributed by atoms with Crippen molar-refractivity contribution in [1.29, 1.82) is 0 Å². The second-order valence-corrected chi connectivity index (χ2v) is 8.34. The molecule has 0 spiro atoms. The van der Waals surface area contributed by atoms with Gasteiger partial charge in [0.25, 0.3) is 0 Å². The molecule has 0 unspecified atom stereocenters. The van der Waals surface area contributed by atoms with Gasteiger partial charge in [0.2, 0.25) is 0 Å². The van der Waals surface area contributed by atoms with Crippen molar-refractivity contribution in [3.8, 4) is 5.75 Å². The number of piperazine rings is 1. The highest BCUT2D eigenvalue weighted by Crippen LogP contribution is 2.26. The van der Waals surface area contributed by atoms with Gasteiger partial charge in [0.05, 0.1) is 11.2 Å². The number of anilines is 2. The summed E-state index contributed by atoms with van der Waals surface area (Å²) in [5, 5.41) is 4.36. The summed E-state index contributed by atoms with van der Waals surface area (Å²) in [5.74, 6) is 1.74. The summed E-state index contributed by atoms with van der Waals surface area (Å²) >= 11 is 0. The van der Waals surface area contributed by atoms with E-state index in [1.54, 1.807) is 4.57 Å². The predicted octanol–water partition coefficient (Wildman–Crippen LogP) is 4.84. The minimum Gasteiger partial charge on any atom is -0.489 e. The SMILES string of the molecule is CCNc1cccnc1N1CCN(C(=O)n2ccc3cc(OCc4ccccc4)ccc32)CC1. The Morgan fingerprint density at radius 2 is 1.82 bits per heavy atom. The molecular weight excluding hydrogens is 426 g/mol. The van der Waals surface area contributed by atoms with Gasteiger partial charge in [-0.3, -0.25) is 4.57 Å². The zero-order valence-electron chi connectivity index (χ0n) is 19.4. The van der Waals surface area contributed by atoms with E-state index in [0.717, 1.165) is 53.4 Å². The average molecular weight is 456 g/mol. The van der Waals surface area contributed by atoms with E-state index < -0.39 is 0 Å². The molecule has 1 amide bonds. The molecule has 0 radical (unpaired) electrons. The zero-order chi connectivity index (χ0) is 23.3. The zero-order valence-corrected chi connectivity index (χ0v) is 19.4. The van der Waals surface area contributed by atoms with E-state index in [9.17, 15) is 4.79 Å². The van der Waals surface area contributed by atoms with Crippen molar-refractivity contribution < 1.29 is 9.53 Å². The van der Waals surface area contributed by atoms with Crippen LogP contribution in [0.5, 0.6) is 5.75 Å². The third-order valence-electron chi connectivity index (χ3n) is 6.12. The summed E-state index contributed by atoms with van der Waals surface area (Å²) in [5.41, 5.74) is 3.04. The number of aromatic nitrogens is 2. The van der Waals surface area contributed by atoms with Crippen LogP contribution in [0, 0.1) is 0 Å². The summed E-state index contributed by atoms with van der Waals surface area (Å²) in [7, 11) is 0. The van der Waals surface area contributed by atoms with E-state index in [0.29, 0.717) is 19.7 Å². The van der Waals surface area contributed by atoms with E-state index in [2.05, 4.69) is 22.1 Å². The number of benzene rings is 2. The van der Waals surface area contributed by atoms with Gasteiger partial charge in [0.1, 0.15) is 12.4 Å². The molecule has 3 heterocycles. The number of ether oxygens (including phenoxy) is 1. The lowest BCUT2D eigenvalue weighted by Crippen LogP contribution is -2.50. The molecule has 0 saturated carbocycles. The smallest absolute Gasteiger partial charge is 0.328 e. The maximum absolute atomic E-state index is 13.3. The van der Waals surface area contributed by atoms with Crippen molar-refractivity contribution in [3.05, 3.63) is 84.7 Å². The number of hydrogen-bond acceptors (Lipinski definition) is 5. The molecule has 34 heavy (non-hydrogen) atoms. The van der Waals surface area contributed by atoms with Gasteiger partial charge < -0.3 is 19.9 Å². The fourth-order valence-corrected chi connectivity index (χ4v) is 4.36. The maximum Gasteiger partial charge on any atom is 0.328 e. The largest absolute Gasteiger partial charge is 0.489 e. The highest BCUT2D eigenvalue weighted by molar-refractivity contribution is 5.92. The normalized spacial score (nSPS) is 13.8. The summed E-state index contributed by atoms with van der Waals surface area (Å²) in [6.07, 6.45) is 3.67. The van der Waals surface area contributed by atoms with Gasteiger partial charge in [-0.25, -0.2) is 9.78 Å². The highest BCUT2D eigenvalue weighted by atomic mass is 16.5. The monoisotopic (exact) mass is 455 g/mol. The van der Waals surface area contributed by atoms with Crippen LogP contribution in [0.1, 0.15) is 12.5 Å². The third kappa shape index (κ3) is 4.55. The molecule has 1 fully saturated rings. The number of rotatable bonds is 6. The molecule has 7 nitrogen and oxygen atoms in total. The third-order valence-corrected chi connectivity index (χ3v) is 6.12. The molecule has 1 aliphatic heterocycles. The van der Waals surface area contributed by atoms with E-state index >= 15 is 0 Å². The van der Waals surface area contributed by atoms with E-state index in [1.807, 2.05) is 84.0 Å². The second-order valence-electron chi connectivity index (χ2n) is 8.34. The first-order valence-electron chi connectivity index (χ1n) is 11.7. The van der Waals surface area contributed by atoms with Crippen LogP contribution >= 0.6 is 0 Å². The Kier molecular flexibility index (Phi) is 6.33. The molecule has 5 rings (SSSR count). The lowest BCUT2D eigenvalue weighted by atomic mass is 10.2. The lowest BCUT2D eigenvalue weighted by Gasteiger charge is -2.36. The van der Waals surface area contributed by atoms with Crippen LogP contribution in [0.15, 0.2) is 79.1 Å². The van der Waals surface area contributed by atoms with Crippen LogP contribution in [0.4, 0.5) is 16.3 Å². The maximum atomic E-state index is 13.3. The van der Waals surface area contributed by atoms with Gasteiger partial charge in [0.15, 0.2) is 5.82 Å². The number of nitrogens with zero attached hydrogens (tertiary/aromatic N) is 4. The predicted molar refractivity (Wildman–Crippen MR) is 136 cm³/mol. The van der Waals surface area contributed by atoms with Crippen molar-refractivity contribution in [3.63, 3.8) is 0 Å². The molecule has 2 aromatic carbocycles. The molecule has 4 aromatic rings. The first-order chi connectivity index (χ1) is 16.7. The number of pyridine rings is 1. The molecular formula is C27H29N5O2. The van der Waals surface area contributed by atoms with Crippen molar-refractivity contribution in [2.24, 2.45) is 0 Å². The van der Waals surface area contributed by atoms with Crippen LogP contribution in [0.2, 0.25) is 0 Å². The quantitative estimate of drug-likeness (QED) is 0.451. The Morgan fingerprint density at radius 1 is 1.00 bits per heavy atom. The number of amides is 1. The Labute approximate surface area is 199 Å². The standard InChI is InChI=1S/C27H29N5O2/c1-2-28-24-9-6-13-29-26(24)30-15-17-31(18-16-30)27(33)32-14-12-22-19-23(10-11-25(22)32)34-20-21-7-4-3-5-8-21/h3-14,19,28H,2,15-18,20H2,1H3. The Balaban J connectivity index is 1.24. The van der Waals surface area contributed by atoms with Crippen LogP contribution in [-0.4, -0.2) is 53.2 Å². The Hall–Kier alpha value is -4.00. The average Bonchev–Trinajstić information content (AvgIpc) is 3.32. The lowest BCUT2D eigenvalue weighted by molar-refractivity contribution is 0.197.